The van der Waals surface area contributed by atoms with E-state index in [4.69, 9.17) is 11.6 Å². The molecule has 0 aromatic heterocycles. The first-order chi connectivity index (χ1) is 14.8. The van der Waals surface area contributed by atoms with Crippen LogP contribution in [-0.4, -0.2) is 28.2 Å². The molecule has 1 unspecified atom stereocenters. The maximum Gasteiger partial charge on any atom is 0.282 e. The number of hydrogen-bond acceptors (Lipinski definition) is 4. The molecule has 1 aliphatic rings. The molecule has 0 bridgehead atoms. The number of carbonyl (C=O) groups excluding carboxylic acids is 2. The normalized spacial score (nSPS) is 15.6. The van der Waals surface area contributed by atoms with E-state index in [1.54, 1.807) is 12.1 Å². The SMILES string of the molecule is O=C1CN(C(=O)c2cc(Cl)ccc2[N+](=O)[O-])C(c2ccccc2)c2cc(Br)ccc2N1. The number of nitro benzene ring substituents is 1. The molecule has 0 radical (unpaired) electrons. The molecule has 0 saturated carbocycles. The topological polar surface area (TPSA) is 92.5 Å². The van der Waals surface area contributed by atoms with Gasteiger partial charge in [0.05, 0.1) is 11.0 Å². The zero-order chi connectivity index (χ0) is 22.1. The first kappa shape index (κ1) is 21.0. The lowest BCUT2D eigenvalue weighted by atomic mass is 9.95. The Hall–Kier alpha value is -3.23. The van der Waals surface area contributed by atoms with Crippen LogP contribution in [0.5, 0.6) is 0 Å². The smallest absolute Gasteiger partial charge is 0.282 e. The molecule has 4 rings (SSSR count). The lowest BCUT2D eigenvalue weighted by Crippen LogP contribution is -2.39. The molecule has 7 nitrogen and oxygen atoms in total. The van der Waals surface area contributed by atoms with Gasteiger partial charge in [-0.3, -0.25) is 19.7 Å². The van der Waals surface area contributed by atoms with Crippen LogP contribution in [0.2, 0.25) is 5.02 Å². The molecular weight excluding hydrogens is 486 g/mol. The Morgan fingerprint density at radius 1 is 1.13 bits per heavy atom. The fourth-order valence-electron chi connectivity index (χ4n) is 3.65. The highest BCUT2D eigenvalue weighted by molar-refractivity contribution is 9.10. The van der Waals surface area contributed by atoms with Gasteiger partial charge < -0.3 is 10.2 Å². The fourth-order valence-corrected chi connectivity index (χ4v) is 4.21. The Labute approximate surface area is 190 Å². The minimum absolute atomic E-state index is 0.176. The van der Waals surface area contributed by atoms with E-state index in [1.165, 1.54) is 23.1 Å². The largest absolute Gasteiger partial charge is 0.324 e. The Balaban J connectivity index is 1.93. The van der Waals surface area contributed by atoms with Crippen LogP contribution in [-0.2, 0) is 4.79 Å². The highest BCUT2D eigenvalue weighted by Gasteiger charge is 2.36. The number of amides is 2. The van der Waals surface area contributed by atoms with E-state index in [9.17, 15) is 19.7 Å². The van der Waals surface area contributed by atoms with Gasteiger partial charge in [-0.2, -0.15) is 0 Å². The number of benzene rings is 3. The Morgan fingerprint density at radius 2 is 1.87 bits per heavy atom. The number of nitro groups is 1. The molecule has 1 N–H and O–H groups in total. The summed E-state index contributed by atoms with van der Waals surface area (Å²) in [5, 5.41) is 14.6. The quantitative estimate of drug-likeness (QED) is 0.395. The highest BCUT2D eigenvalue weighted by atomic mass is 79.9. The maximum absolute atomic E-state index is 13.6. The molecule has 0 spiro atoms. The van der Waals surface area contributed by atoms with E-state index in [0.29, 0.717) is 11.3 Å². The lowest BCUT2D eigenvalue weighted by Gasteiger charge is -2.30. The van der Waals surface area contributed by atoms with Crippen molar-refractivity contribution in [1.82, 2.24) is 4.90 Å². The van der Waals surface area contributed by atoms with Crippen molar-refractivity contribution in [2.75, 3.05) is 11.9 Å². The summed E-state index contributed by atoms with van der Waals surface area (Å²) in [5.41, 5.74) is 1.46. The van der Waals surface area contributed by atoms with Crippen LogP contribution in [0.15, 0.2) is 71.2 Å². The van der Waals surface area contributed by atoms with E-state index in [2.05, 4.69) is 21.2 Å². The molecule has 31 heavy (non-hydrogen) atoms. The van der Waals surface area contributed by atoms with Crippen molar-refractivity contribution in [2.24, 2.45) is 0 Å². The predicted octanol–water partition coefficient (Wildman–Crippen LogP) is 5.19. The molecule has 1 heterocycles. The van der Waals surface area contributed by atoms with E-state index in [0.717, 1.165) is 10.0 Å². The van der Waals surface area contributed by atoms with Crippen LogP contribution in [0, 0.1) is 10.1 Å². The van der Waals surface area contributed by atoms with Gasteiger partial charge in [-0.15, -0.1) is 0 Å². The van der Waals surface area contributed by atoms with Gasteiger partial charge >= 0.3 is 0 Å². The van der Waals surface area contributed by atoms with E-state index >= 15 is 0 Å². The minimum atomic E-state index is -0.661. The molecule has 2 amide bonds. The second-order valence-electron chi connectivity index (χ2n) is 6.94. The number of halogens is 2. The van der Waals surface area contributed by atoms with Gasteiger partial charge in [-0.1, -0.05) is 57.9 Å². The van der Waals surface area contributed by atoms with Crippen LogP contribution < -0.4 is 5.32 Å². The second kappa shape index (κ2) is 8.49. The lowest BCUT2D eigenvalue weighted by molar-refractivity contribution is -0.385. The molecule has 0 fully saturated rings. The van der Waals surface area contributed by atoms with Crippen LogP contribution in [0.1, 0.15) is 27.5 Å². The number of fused-ring (bicyclic) bond motifs is 1. The van der Waals surface area contributed by atoms with Gasteiger partial charge in [0, 0.05) is 26.8 Å². The number of anilines is 1. The van der Waals surface area contributed by atoms with Gasteiger partial charge in [0.1, 0.15) is 12.1 Å². The van der Waals surface area contributed by atoms with Crippen LogP contribution in [0.25, 0.3) is 0 Å². The first-order valence-electron chi connectivity index (χ1n) is 9.24. The monoisotopic (exact) mass is 499 g/mol. The van der Waals surface area contributed by atoms with Crippen molar-refractivity contribution >= 4 is 50.7 Å². The molecule has 1 atom stereocenters. The van der Waals surface area contributed by atoms with Crippen LogP contribution >= 0.6 is 27.5 Å². The Morgan fingerprint density at radius 3 is 2.58 bits per heavy atom. The van der Waals surface area contributed by atoms with Crippen molar-refractivity contribution in [3.63, 3.8) is 0 Å². The van der Waals surface area contributed by atoms with Crippen molar-refractivity contribution in [3.8, 4) is 0 Å². The summed E-state index contributed by atoms with van der Waals surface area (Å²) in [5.74, 6) is -1.06. The Bertz CT molecular complexity index is 1200. The molecule has 0 aliphatic carbocycles. The van der Waals surface area contributed by atoms with Crippen molar-refractivity contribution in [2.45, 2.75) is 6.04 Å². The Kier molecular flexibility index (Phi) is 5.75. The van der Waals surface area contributed by atoms with Crippen molar-refractivity contribution < 1.29 is 14.5 Å². The van der Waals surface area contributed by atoms with E-state index in [-0.39, 0.29) is 22.8 Å². The standard InChI is InChI=1S/C22H15BrClN3O4/c23-14-6-8-18-16(10-14)21(13-4-2-1-3-5-13)26(12-20(28)25-18)22(29)17-11-15(24)7-9-19(17)27(30)31/h1-11,21H,12H2,(H,25,28). The summed E-state index contributed by atoms with van der Waals surface area (Å²) in [6, 6.07) is 17.7. The second-order valence-corrected chi connectivity index (χ2v) is 8.30. The average Bonchev–Trinajstić information content (AvgIpc) is 2.89. The molecular formula is C22H15BrClN3O4. The summed E-state index contributed by atoms with van der Waals surface area (Å²) in [6.07, 6.45) is 0. The third-order valence-corrected chi connectivity index (χ3v) is 5.70. The van der Waals surface area contributed by atoms with Gasteiger partial charge in [0.25, 0.3) is 11.6 Å². The summed E-state index contributed by atoms with van der Waals surface area (Å²) in [4.78, 5) is 38.5. The van der Waals surface area contributed by atoms with Gasteiger partial charge in [0.2, 0.25) is 5.91 Å². The molecule has 3 aromatic rings. The fraction of sp³-hybridized carbons (Fsp3) is 0.0909. The highest BCUT2D eigenvalue weighted by Crippen LogP contribution is 2.39. The number of carbonyl (C=O) groups is 2. The van der Waals surface area contributed by atoms with Gasteiger partial charge in [-0.05, 0) is 35.9 Å². The molecule has 156 valence electrons. The summed E-state index contributed by atoms with van der Waals surface area (Å²) in [6.45, 7) is -0.283. The van der Waals surface area contributed by atoms with Gasteiger partial charge in [0.15, 0.2) is 0 Å². The van der Waals surface area contributed by atoms with Crippen molar-refractivity contribution in [3.05, 3.63) is 103 Å². The summed E-state index contributed by atoms with van der Waals surface area (Å²) in [7, 11) is 0. The molecule has 1 aliphatic heterocycles. The maximum atomic E-state index is 13.6. The van der Waals surface area contributed by atoms with Crippen LogP contribution in [0.4, 0.5) is 11.4 Å². The van der Waals surface area contributed by atoms with E-state index < -0.39 is 22.8 Å². The molecule has 9 heteroatoms. The predicted molar refractivity (Wildman–Crippen MR) is 120 cm³/mol. The number of nitrogens with zero attached hydrogens (tertiary/aromatic N) is 2. The minimum Gasteiger partial charge on any atom is -0.324 e. The zero-order valence-electron chi connectivity index (χ0n) is 15.9. The van der Waals surface area contributed by atoms with Crippen LogP contribution in [0.3, 0.4) is 0 Å². The third kappa shape index (κ3) is 4.17. The number of rotatable bonds is 3. The molecule has 3 aromatic carbocycles. The van der Waals surface area contributed by atoms with Crippen molar-refractivity contribution in [1.29, 1.82) is 0 Å². The number of hydrogen-bond donors (Lipinski definition) is 1. The molecule has 0 saturated heterocycles. The average molecular weight is 501 g/mol. The third-order valence-electron chi connectivity index (χ3n) is 4.97. The first-order valence-corrected chi connectivity index (χ1v) is 10.4. The zero-order valence-corrected chi connectivity index (χ0v) is 18.3. The van der Waals surface area contributed by atoms with E-state index in [1.807, 2.05) is 36.4 Å². The summed E-state index contributed by atoms with van der Waals surface area (Å²) >= 11 is 9.49. The number of nitrogens with one attached hydrogen (secondary N) is 1. The van der Waals surface area contributed by atoms with Gasteiger partial charge in [-0.25, -0.2) is 0 Å². The summed E-state index contributed by atoms with van der Waals surface area (Å²) < 4.78 is 0.768.